The van der Waals surface area contributed by atoms with Crippen molar-refractivity contribution in [2.24, 2.45) is 5.84 Å². The Balaban J connectivity index is 2.21. The number of nitrogens with two attached hydrogens (primary N) is 1. The van der Waals surface area contributed by atoms with Gasteiger partial charge in [0.1, 0.15) is 5.69 Å². The summed E-state index contributed by atoms with van der Waals surface area (Å²) in [6, 6.07) is 4.22. The lowest BCUT2D eigenvalue weighted by Crippen LogP contribution is -2.25. The number of nitrogen functional groups attached to an aromatic ring is 1. The molecule has 0 saturated heterocycles. The van der Waals surface area contributed by atoms with Crippen molar-refractivity contribution in [3.8, 4) is 0 Å². The Kier molecular flexibility index (Phi) is 4.51. The second-order valence-corrected chi connectivity index (χ2v) is 5.11. The van der Waals surface area contributed by atoms with Gasteiger partial charge in [-0.1, -0.05) is 6.07 Å². The molecular formula is C13H14N4O3S. The first-order chi connectivity index (χ1) is 10.0. The summed E-state index contributed by atoms with van der Waals surface area (Å²) < 4.78 is 0. The maximum atomic E-state index is 12.2. The van der Waals surface area contributed by atoms with Crippen LogP contribution in [-0.2, 0) is 6.54 Å². The van der Waals surface area contributed by atoms with Gasteiger partial charge in [0.25, 0.3) is 11.6 Å². The Morgan fingerprint density at radius 1 is 1.43 bits per heavy atom. The molecule has 0 atom stereocenters. The maximum absolute atomic E-state index is 12.2. The van der Waals surface area contributed by atoms with Crippen molar-refractivity contribution in [1.82, 2.24) is 5.32 Å². The van der Waals surface area contributed by atoms with E-state index in [2.05, 4.69) is 10.7 Å². The highest BCUT2D eigenvalue weighted by atomic mass is 32.1. The predicted molar refractivity (Wildman–Crippen MR) is 81.1 cm³/mol. The van der Waals surface area contributed by atoms with Gasteiger partial charge in [0.05, 0.1) is 10.5 Å². The number of thiophene rings is 1. The molecule has 0 saturated carbocycles. The Hall–Kier alpha value is -2.45. The number of hydrogen-bond acceptors (Lipinski definition) is 6. The maximum Gasteiger partial charge on any atom is 0.294 e. The van der Waals surface area contributed by atoms with Gasteiger partial charge in [-0.3, -0.25) is 20.8 Å². The lowest BCUT2D eigenvalue weighted by molar-refractivity contribution is -0.384. The molecule has 1 heterocycles. The molecule has 0 aliphatic carbocycles. The molecule has 8 heteroatoms. The third kappa shape index (κ3) is 3.18. The highest BCUT2D eigenvalue weighted by Crippen LogP contribution is 2.27. The first-order valence-corrected chi connectivity index (χ1v) is 7.02. The van der Waals surface area contributed by atoms with Gasteiger partial charge >= 0.3 is 0 Å². The van der Waals surface area contributed by atoms with Crippen LogP contribution in [0, 0.1) is 17.0 Å². The number of carbonyl (C=O) groups excluding carboxylic acids is 1. The minimum Gasteiger partial charge on any atom is -0.348 e. The number of nitro benzene ring substituents is 1. The quantitative estimate of drug-likeness (QED) is 0.445. The number of amides is 1. The molecule has 1 aromatic heterocycles. The van der Waals surface area contributed by atoms with E-state index in [1.807, 2.05) is 17.7 Å². The molecule has 0 radical (unpaired) electrons. The normalized spacial score (nSPS) is 10.2. The molecule has 1 aromatic carbocycles. The summed E-state index contributed by atoms with van der Waals surface area (Å²) in [6.07, 6.45) is 0. The van der Waals surface area contributed by atoms with Crippen LogP contribution >= 0.6 is 11.3 Å². The minimum atomic E-state index is -0.588. The topological polar surface area (TPSA) is 110 Å². The third-order valence-corrected chi connectivity index (χ3v) is 3.94. The smallest absolute Gasteiger partial charge is 0.294 e. The van der Waals surface area contributed by atoms with E-state index in [0.717, 1.165) is 11.1 Å². The van der Waals surface area contributed by atoms with Gasteiger partial charge in [-0.05, 0) is 34.9 Å². The van der Waals surface area contributed by atoms with Crippen molar-refractivity contribution in [1.29, 1.82) is 0 Å². The number of nitrogens with one attached hydrogen (secondary N) is 2. The summed E-state index contributed by atoms with van der Waals surface area (Å²) in [4.78, 5) is 22.5. The van der Waals surface area contributed by atoms with Gasteiger partial charge in [0.15, 0.2) is 0 Å². The summed E-state index contributed by atoms with van der Waals surface area (Å²) in [5, 5.41) is 17.6. The fraction of sp³-hybridized carbons (Fsp3) is 0.154. The number of hydrogen-bond donors (Lipinski definition) is 3. The average molecular weight is 306 g/mol. The van der Waals surface area contributed by atoms with Crippen molar-refractivity contribution in [2.75, 3.05) is 5.43 Å². The van der Waals surface area contributed by atoms with E-state index in [0.29, 0.717) is 6.54 Å². The summed E-state index contributed by atoms with van der Waals surface area (Å²) in [6.45, 7) is 2.32. The van der Waals surface area contributed by atoms with Crippen LogP contribution in [0.1, 0.15) is 21.5 Å². The summed E-state index contributed by atoms with van der Waals surface area (Å²) in [5.74, 6) is 4.89. The van der Waals surface area contributed by atoms with E-state index in [9.17, 15) is 14.9 Å². The fourth-order valence-electron chi connectivity index (χ4n) is 1.87. The number of hydrazine groups is 1. The van der Waals surface area contributed by atoms with Gasteiger partial charge < -0.3 is 10.7 Å². The van der Waals surface area contributed by atoms with Crippen LogP contribution < -0.4 is 16.6 Å². The lowest BCUT2D eigenvalue weighted by atomic mass is 10.1. The van der Waals surface area contributed by atoms with Crippen LogP contribution in [0.15, 0.2) is 29.0 Å². The van der Waals surface area contributed by atoms with Crippen molar-refractivity contribution in [3.63, 3.8) is 0 Å². The molecule has 21 heavy (non-hydrogen) atoms. The number of para-hydroxylation sites is 1. The lowest BCUT2D eigenvalue weighted by Gasteiger charge is -2.10. The summed E-state index contributed by atoms with van der Waals surface area (Å²) in [5.41, 5.74) is 4.24. The zero-order valence-electron chi connectivity index (χ0n) is 11.3. The Morgan fingerprint density at radius 3 is 2.76 bits per heavy atom. The standard InChI is InChI=1S/C13H14N4O3S/c1-8-6-21-7-9(8)5-15-13(18)10-3-2-4-11(17(19)20)12(10)16-14/h2-4,6-7,16H,5,14H2,1H3,(H,15,18). The second-order valence-electron chi connectivity index (χ2n) is 4.36. The average Bonchev–Trinajstić information content (AvgIpc) is 2.89. The number of nitrogens with zero attached hydrogens (tertiary/aromatic N) is 1. The zero-order chi connectivity index (χ0) is 15.4. The van der Waals surface area contributed by atoms with Crippen molar-refractivity contribution in [3.05, 3.63) is 55.8 Å². The Bertz CT molecular complexity index is 684. The van der Waals surface area contributed by atoms with Crippen LogP contribution in [0.2, 0.25) is 0 Å². The van der Waals surface area contributed by atoms with Gasteiger partial charge in [-0.25, -0.2) is 0 Å². The van der Waals surface area contributed by atoms with Crippen molar-refractivity contribution < 1.29 is 9.72 Å². The van der Waals surface area contributed by atoms with Crippen molar-refractivity contribution in [2.45, 2.75) is 13.5 Å². The van der Waals surface area contributed by atoms with Crippen molar-refractivity contribution >= 4 is 28.6 Å². The van der Waals surface area contributed by atoms with Gasteiger partial charge in [0, 0.05) is 12.6 Å². The molecule has 1 amide bonds. The molecule has 7 nitrogen and oxygen atoms in total. The first kappa shape index (κ1) is 14.9. The number of aryl methyl sites for hydroxylation is 1. The van der Waals surface area contributed by atoms with Gasteiger partial charge in [-0.2, -0.15) is 11.3 Å². The van der Waals surface area contributed by atoms with E-state index >= 15 is 0 Å². The molecule has 110 valence electrons. The zero-order valence-corrected chi connectivity index (χ0v) is 12.1. The monoisotopic (exact) mass is 306 g/mol. The van der Waals surface area contributed by atoms with Crippen LogP contribution in [0.4, 0.5) is 11.4 Å². The molecule has 0 fully saturated rings. The van der Waals surface area contributed by atoms with Crippen LogP contribution in [0.3, 0.4) is 0 Å². The largest absolute Gasteiger partial charge is 0.348 e. The van der Waals surface area contributed by atoms with E-state index < -0.39 is 10.8 Å². The molecule has 0 bridgehead atoms. The van der Waals surface area contributed by atoms with Crippen LogP contribution in [0.25, 0.3) is 0 Å². The Morgan fingerprint density at radius 2 is 2.19 bits per heavy atom. The van der Waals surface area contributed by atoms with E-state index in [1.54, 1.807) is 11.3 Å². The third-order valence-electron chi connectivity index (χ3n) is 3.03. The van der Waals surface area contributed by atoms with Gasteiger partial charge in [-0.15, -0.1) is 0 Å². The van der Waals surface area contributed by atoms with E-state index in [-0.39, 0.29) is 16.9 Å². The molecule has 2 rings (SSSR count). The fourth-order valence-corrected chi connectivity index (χ4v) is 2.73. The molecule has 0 spiro atoms. The number of carbonyl (C=O) groups is 1. The highest BCUT2D eigenvalue weighted by Gasteiger charge is 2.20. The summed E-state index contributed by atoms with van der Waals surface area (Å²) >= 11 is 1.55. The molecular weight excluding hydrogens is 292 g/mol. The number of benzene rings is 1. The number of nitro groups is 1. The Labute approximate surface area is 124 Å². The molecule has 0 unspecified atom stereocenters. The minimum absolute atomic E-state index is 0.00189. The van der Waals surface area contributed by atoms with E-state index in [4.69, 9.17) is 5.84 Å². The molecule has 4 N–H and O–H groups in total. The second kappa shape index (κ2) is 6.33. The van der Waals surface area contributed by atoms with E-state index in [1.165, 1.54) is 18.2 Å². The van der Waals surface area contributed by atoms with Gasteiger partial charge in [0.2, 0.25) is 0 Å². The molecule has 0 aliphatic heterocycles. The SMILES string of the molecule is Cc1cscc1CNC(=O)c1cccc([N+](=O)[O-])c1NN. The number of rotatable bonds is 5. The highest BCUT2D eigenvalue weighted by molar-refractivity contribution is 7.08. The summed E-state index contributed by atoms with van der Waals surface area (Å²) in [7, 11) is 0. The molecule has 0 aliphatic rings. The first-order valence-electron chi connectivity index (χ1n) is 6.08. The van der Waals surface area contributed by atoms with Crippen LogP contribution in [0.5, 0.6) is 0 Å². The number of anilines is 1. The van der Waals surface area contributed by atoms with Crippen LogP contribution in [-0.4, -0.2) is 10.8 Å². The molecule has 2 aromatic rings. The predicted octanol–water partition coefficient (Wildman–Crippen LogP) is 2.18.